The molecule has 0 saturated carbocycles. The average Bonchev–Trinajstić information content (AvgIpc) is 3.05. The topological polar surface area (TPSA) is 81.5 Å². The first-order valence-electron chi connectivity index (χ1n) is 7.84. The van der Waals surface area contributed by atoms with Gasteiger partial charge in [-0.05, 0) is 55.4 Å². The molecule has 2 aromatic heterocycles. The van der Waals surface area contributed by atoms with Crippen LogP contribution in [0.3, 0.4) is 0 Å². The molecule has 0 aromatic carbocycles. The van der Waals surface area contributed by atoms with E-state index in [4.69, 9.17) is 0 Å². The third kappa shape index (κ3) is 3.28. The molecule has 0 N–H and O–H groups in total. The molecule has 1 aliphatic rings. The van der Waals surface area contributed by atoms with Crippen molar-refractivity contribution < 1.29 is 19.1 Å². The number of aromatic nitrogens is 2. The molecule has 0 atom stereocenters. The molecule has 3 rings (SSSR count). The van der Waals surface area contributed by atoms with Crippen LogP contribution in [0.25, 0.3) is 11.8 Å². The average molecular weight is 371 g/mol. The minimum Gasteiger partial charge on any atom is -0.468 e. The highest BCUT2D eigenvalue weighted by Crippen LogP contribution is 2.33. The Balaban J connectivity index is 1.93. The van der Waals surface area contributed by atoms with E-state index in [1.165, 1.54) is 7.11 Å². The van der Waals surface area contributed by atoms with E-state index >= 15 is 0 Å². The minimum absolute atomic E-state index is 0.283. The van der Waals surface area contributed by atoms with Gasteiger partial charge in [0, 0.05) is 17.6 Å². The summed E-state index contributed by atoms with van der Waals surface area (Å²) in [6, 6.07) is 5.74. The van der Waals surface area contributed by atoms with E-state index in [1.807, 2.05) is 36.6 Å². The summed E-state index contributed by atoms with van der Waals surface area (Å²) in [5.74, 6) is -1.13. The van der Waals surface area contributed by atoms with Gasteiger partial charge < -0.3 is 9.30 Å². The van der Waals surface area contributed by atoms with E-state index in [9.17, 15) is 14.4 Å². The SMILES string of the molecule is COC(=O)CN1C(=O)S/C(=C\c2cc(C)n(-c3cccnc3)c2C)C1=O. The van der Waals surface area contributed by atoms with Crippen molar-refractivity contribution in [1.29, 1.82) is 0 Å². The quantitative estimate of drug-likeness (QED) is 0.607. The van der Waals surface area contributed by atoms with Crippen molar-refractivity contribution in [1.82, 2.24) is 14.5 Å². The van der Waals surface area contributed by atoms with Gasteiger partial charge >= 0.3 is 5.97 Å². The monoisotopic (exact) mass is 371 g/mol. The number of thioether (sulfide) groups is 1. The van der Waals surface area contributed by atoms with Gasteiger partial charge in [0.05, 0.1) is 23.9 Å². The Labute approximate surface area is 154 Å². The predicted molar refractivity (Wildman–Crippen MR) is 97.7 cm³/mol. The molecule has 8 heteroatoms. The number of rotatable bonds is 4. The maximum Gasteiger partial charge on any atom is 0.325 e. The number of hydrogen-bond acceptors (Lipinski definition) is 6. The predicted octanol–water partition coefficient (Wildman–Crippen LogP) is 2.70. The highest BCUT2D eigenvalue weighted by Gasteiger charge is 2.36. The molecule has 0 unspecified atom stereocenters. The van der Waals surface area contributed by atoms with Gasteiger partial charge in [-0.25, -0.2) is 0 Å². The fraction of sp³-hybridized carbons (Fsp3) is 0.222. The van der Waals surface area contributed by atoms with Gasteiger partial charge in [0.2, 0.25) is 0 Å². The Morgan fingerprint density at radius 2 is 2.12 bits per heavy atom. The Hall–Kier alpha value is -2.87. The first-order chi connectivity index (χ1) is 12.4. The van der Waals surface area contributed by atoms with Crippen LogP contribution in [-0.4, -0.2) is 45.2 Å². The lowest BCUT2D eigenvalue weighted by Gasteiger charge is -2.10. The highest BCUT2D eigenvalue weighted by molar-refractivity contribution is 8.18. The van der Waals surface area contributed by atoms with E-state index in [2.05, 4.69) is 9.72 Å². The van der Waals surface area contributed by atoms with Crippen LogP contribution in [0.1, 0.15) is 17.0 Å². The van der Waals surface area contributed by atoms with Crippen molar-refractivity contribution in [2.24, 2.45) is 0 Å². The molecular formula is C18H17N3O4S. The van der Waals surface area contributed by atoms with Crippen molar-refractivity contribution in [3.8, 4) is 5.69 Å². The largest absolute Gasteiger partial charge is 0.468 e. The van der Waals surface area contributed by atoms with Crippen LogP contribution in [0.5, 0.6) is 0 Å². The summed E-state index contributed by atoms with van der Waals surface area (Å²) in [4.78, 5) is 41.1. The van der Waals surface area contributed by atoms with Crippen LogP contribution in [-0.2, 0) is 14.3 Å². The first kappa shape index (κ1) is 17.9. The molecule has 0 aliphatic carbocycles. The second kappa shape index (κ2) is 7.17. The Morgan fingerprint density at radius 1 is 1.35 bits per heavy atom. The molecule has 134 valence electrons. The lowest BCUT2D eigenvalue weighted by Crippen LogP contribution is -2.34. The molecular weight excluding hydrogens is 354 g/mol. The zero-order chi connectivity index (χ0) is 18.8. The number of carbonyl (C=O) groups excluding carboxylic acids is 3. The maximum atomic E-state index is 12.4. The number of pyridine rings is 1. The lowest BCUT2D eigenvalue weighted by atomic mass is 10.2. The van der Waals surface area contributed by atoms with E-state index in [0.29, 0.717) is 0 Å². The third-order valence-corrected chi connectivity index (χ3v) is 4.96. The van der Waals surface area contributed by atoms with E-state index in [-0.39, 0.29) is 11.4 Å². The number of imide groups is 1. The van der Waals surface area contributed by atoms with Gasteiger partial charge in [-0.15, -0.1) is 0 Å². The first-order valence-corrected chi connectivity index (χ1v) is 8.65. The molecule has 2 amide bonds. The molecule has 0 spiro atoms. The molecule has 1 fully saturated rings. The molecule has 0 radical (unpaired) electrons. The van der Waals surface area contributed by atoms with E-state index in [1.54, 1.807) is 18.5 Å². The zero-order valence-electron chi connectivity index (χ0n) is 14.6. The second-order valence-electron chi connectivity index (χ2n) is 5.72. The summed E-state index contributed by atoms with van der Waals surface area (Å²) in [5.41, 5.74) is 3.65. The van der Waals surface area contributed by atoms with Crippen molar-refractivity contribution >= 4 is 35.0 Å². The zero-order valence-corrected chi connectivity index (χ0v) is 15.4. The smallest absolute Gasteiger partial charge is 0.325 e. The lowest BCUT2D eigenvalue weighted by molar-refractivity contribution is -0.143. The fourth-order valence-electron chi connectivity index (χ4n) is 2.79. The van der Waals surface area contributed by atoms with Gasteiger partial charge in [0.15, 0.2) is 0 Å². The minimum atomic E-state index is -0.636. The summed E-state index contributed by atoms with van der Waals surface area (Å²) in [6.07, 6.45) is 5.14. The van der Waals surface area contributed by atoms with Gasteiger partial charge in [0.25, 0.3) is 11.1 Å². The van der Waals surface area contributed by atoms with Crippen molar-refractivity contribution in [2.75, 3.05) is 13.7 Å². The molecule has 1 saturated heterocycles. The Bertz CT molecular complexity index is 918. The molecule has 0 bridgehead atoms. The Morgan fingerprint density at radius 3 is 2.77 bits per heavy atom. The summed E-state index contributed by atoms with van der Waals surface area (Å²) < 4.78 is 6.55. The number of nitrogens with zero attached hydrogens (tertiary/aromatic N) is 3. The Kier molecular flexibility index (Phi) is 4.94. The molecule has 1 aliphatic heterocycles. The van der Waals surface area contributed by atoms with Gasteiger partial charge in [-0.1, -0.05) is 0 Å². The molecule has 2 aromatic rings. The highest BCUT2D eigenvalue weighted by atomic mass is 32.2. The van der Waals surface area contributed by atoms with Gasteiger partial charge in [-0.3, -0.25) is 24.3 Å². The normalized spacial score (nSPS) is 15.8. The van der Waals surface area contributed by atoms with Gasteiger partial charge in [0.1, 0.15) is 6.54 Å². The van der Waals surface area contributed by atoms with Crippen LogP contribution >= 0.6 is 11.8 Å². The third-order valence-electron chi connectivity index (χ3n) is 4.05. The van der Waals surface area contributed by atoms with Crippen LogP contribution < -0.4 is 0 Å². The van der Waals surface area contributed by atoms with Crippen molar-refractivity contribution in [3.63, 3.8) is 0 Å². The molecule has 7 nitrogen and oxygen atoms in total. The summed E-state index contributed by atoms with van der Waals surface area (Å²) >= 11 is 0.818. The van der Waals surface area contributed by atoms with Crippen LogP contribution in [0.2, 0.25) is 0 Å². The number of methoxy groups -OCH3 is 1. The number of hydrogen-bond donors (Lipinski definition) is 0. The molecule has 26 heavy (non-hydrogen) atoms. The second-order valence-corrected chi connectivity index (χ2v) is 6.71. The van der Waals surface area contributed by atoms with Crippen LogP contribution in [0.4, 0.5) is 4.79 Å². The molecule has 3 heterocycles. The number of esters is 1. The summed E-state index contributed by atoms with van der Waals surface area (Å²) in [5, 5.41) is -0.479. The van der Waals surface area contributed by atoms with Crippen molar-refractivity contribution in [3.05, 3.63) is 52.4 Å². The van der Waals surface area contributed by atoms with E-state index in [0.717, 1.165) is 39.3 Å². The number of ether oxygens (including phenoxy) is 1. The summed E-state index contributed by atoms with van der Waals surface area (Å²) in [6.45, 7) is 3.51. The standard InChI is InChI=1S/C18H17N3O4S/c1-11-7-13(12(2)21(11)14-5-4-6-19-9-14)8-15-17(23)20(18(24)26-15)10-16(22)25-3/h4-9H,10H2,1-3H3/b15-8-. The maximum absolute atomic E-state index is 12.4. The fourth-order valence-corrected chi connectivity index (χ4v) is 3.62. The summed E-state index contributed by atoms with van der Waals surface area (Å²) in [7, 11) is 1.21. The number of amides is 2. The van der Waals surface area contributed by atoms with Crippen LogP contribution in [0, 0.1) is 13.8 Å². The number of carbonyl (C=O) groups is 3. The number of aryl methyl sites for hydroxylation is 1. The van der Waals surface area contributed by atoms with E-state index < -0.39 is 17.1 Å². The van der Waals surface area contributed by atoms with Gasteiger partial charge in [-0.2, -0.15) is 0 Å². The van der Waals surface area contributed by atoms with Crippen molar-refractivity contribution in [2.45, 2.75) is 13.8 Å². The van der Waals surface area contributed by atoms with Crippen LogP contribution in [0.15, 0.2) is 35.5 Å².